The molecule has 0 radical (unpaired) electrons. The zero-order valence-electron chi connectivity index (χ0n) is 9.70. The molecule has 1 aliphatic carbocycles. The quantitative estimate of drug-likeness (QED) is 0.859. The van der Waals surface area contributed by atoms with Crippen LogP contribution in [0.5, 0.6) is 0 Å². The second-order valence-electron chi connectivity index (χ2n) is 4.13. The van der Waals surface area contributed by atoms with Crippen molar-refractivity contribution in [3.05, 3.63) is 11.2 Å². The fourth-order valence-corrected chi connectivity index (χ4v) is 1.79. The molecule has 1 aliphatic rings. The summed E-state index contributed by atoms with van der Waals surface area (Å²) in [6.07, 6.45) is 5.18. The molecular weight excluding hydrogens is 224 g/mol. The number of rotatable bonds is 5. The summed E-state index contributed by atoms with van der Waals surface area (Å²) in [6, 6.07) is 0.603. The summed E-state index contributed by atoms with van der Waals surface area (Å²) in [5.74, 6) is 1.49. The van der Waals surface area contributed by atoms with E-state index in [1.54, 1.807) is 6.20 Å². The third-order valence-corrected chi connectivity index (χ3v) is 2.95. The predicted octanol–water partition coefficient (Wildman–Crippen LogP) is 2.55. The maximum atomic E-state index is 6.10. The fraction of sp³-hybridized carbons (Fsp3) is 0.636. The lowest BCUT2D eigenvalue weighted by Gasteiger charge is -2.19. The highest BCUT2D eigenvalue weighted by Gasteiger charge is 2.28. The van der Waals surface area contributed by atoms with Gasteiger partial charge in [0, 0.05) is 19.6 Å². The van der Waals surface area contributed by atoms with Gasteiger partial charge in [-0.3, -0.25) is 0 Å². The molecule has 1 saturated carbocycles. The molecule has 0 spiro atoms. The maximum Gasteiger partial charge on any atom is 0.224 e. The molecule has 88 valence electrons. The van der Waals surface area contributed by atoms with Crippen LogP contribution in [-0.4, -0.2) is 29.6 Å². The summed E-state index contributed by atoms with van der Waals surface area (Å²) < 4.78 is 0. The van der Waals surface area contributed by atoms with E-state index in [-0.39, 0.29) is 0 Å². The molecule has 0 aliphatic heterocycles. The van der Waals surface area contributed by atoms with Crippen molar-refractivity contribution in [1.29, 1.82) is 0 Å². The molecule has 0 aromatic carbocycles. The summed E-state index contributed by atoms with van der Waals surface area (Å²) in [6.45, 7) is 2.99. The van der Waals surface area contributed by atoms with Crippen molar-refractivity contribution in [3.63, 3.8) is 0 Å². The molecule has 1 heterocycles. The minimum Gasteiger partial charge on any atom is -0.355 e. The van der Waals surface area contributed by atoms with Crippen LogP contribution in [-0.2, 0) is 0 Å². The van der Waals surface area contributed by atoms with E-state index in [1.807, 2.05) is 7.05 Å². The average Bonchev–Trinajstić information content (AvgIpc) is 3.11. The second kappa shape index (κ2) is 4.87. The van der Waals surface area contributed by atoms with Gasteiger partial charge in [0.2, 0.25) is 5.95 Å². The molecule has 1 aromatic rings. The molecule has 0 atom stereocenters. The highest BCUT2D eigenvalue weighted by molar-refractivity contribution is 6.32. The molecule has 2 rings (SSSR count). The largest absolute Gasteiger partial charge is 0.355 e. The maximum absolute atomic E-state index is 6.10. The van der Waals surface area contributed by atoms with Crippen molar-refractivity contribution in [3.8, 4) is 0 Å². The lowest BCUT2D eigenvalue weighted by atomic mass is 10.4. The van der Waals surface area contributed by atoms with Gasteiger partial charge in [0.25, 0.3) is 0 Å². The Kier molecular flexibility index (Phi) is 3.49. The van der Waals surface area contributed by atoms with Crippen LogP contribution in [0.1, 0.15) is 26.2 Å². The summed E-state index contributed by atoms with van der Waals surface area (Å²) in [4.78, 5) is 10.7. The Morgan fingerprint density at radius 3 is 2.94 bits per heavy atom. The number of anilines is 2. The van der Waals surface area contributed by atoms with Gasteiger partial charge in [0.15, 0.2) is 5.82 Å². The average molecular weight is 241 g/mol. The molecule has 0 saturated heterocycles. The number of hydrogen-bond donors (Lipinski definition) is 1. The third kappa shape index (κ3) is 2.55. The zero-order chi connectivity index (χ0) is 11.5. The standard InChI is InChI=1S/C11H17ClN4/c1-3-6-13-11-14-7-9(12)10(15-11)16(2)8-4-5-8/h7-8H,3-6H2,1-2H3,(H,13,14,15). The van der Waals surface area contributed by atoms with Gasteiger partial charge >= 0.3 is 0 Å². The summed E-state index contributed by atoms with van der Waals surface area (Å²) in [7, 11) is 2.04. The molecule has 0 unspecified atom stereocenters. The van der Waals surface area contributed by atoms with Crippen LogP contribution in [0.4, 0.5) is 11.8 Å². The first-order valence-corrected chi connectivity index (χ1v) is 6.09. The van der Waals surface area contributed by atoms with Gasteiger partial charge in [-0.2, -0.15) is 4.98 Å². The Labute approximate surface area is 101 Å². The highest BCUT2D eigenvalue weighted by Crippen LogP contribution is 2.32. The molecule has 1 aromatic heterocycles. The van der Waals surface area contributed by atoms with E-state index in [0.717, 1.165) is 18.8 Å². The molecule has 1 fully saturated rings. The summed E-state index contributed by atoms with van der Waals surface area (Å²) in [5.41, 5.74) is 0. The topological polar surface area (TPSA) is 41.1 Å². The fourth-order valence-electron chi connectivity index (χ4n) is 1.56. The number of nitrogens with one attached hydrogen (secondary N) is 1. The Morgan fingerprint density at radius 2 is 2.31 bits per heavy atom. The first-order valence-electron chi connectivity index (χ1n) is 5.71. The molecule has 1 N–H and O–H groups in total. The van der Waals surface area contributed by atoms with Gasteiger partial charge in [0.05, 0.1) is 6.20 Å². The Morgan fingerprint density at radius 1 is 1.56 bits per heavy atom. The van der Waals surface area contributed by atoms with E-state index in [0.29, 0.717) is 17.0 Å². The van der Waals surface area contributed by atoms with Gasteiger partial charge in [0.1, 0.15) is 5.02 Å². The van der Waals surface area contributed by atoms with Crippen molar-refractivity contribution in [2.45, 2.75) is 32.2 Å². The van der Waals surface area contributed by atoms with Gasteiger partial charge in [-0.05, 0) is 19.3 Å². The number of nitrogens with zero attached hydrogens (tertiary/aromatic N) is 3. The second-order valence-corrected chi connectivity index (χ2v) is 4.54. The van der Waals surface area contributed by atoms with Crippen LogP contribution >= 0.6 is 11.6 Å². The van der Waals surface area contributed by atoms with E-state index < -0.39 is 0 Å². The third-order valence-electron chi connectivity index (χ3n) is 2.69. The van der Waals surface area contributed by atoms with Gasteiger partial charge in [-0.1, -0.05) is 18.5 Å². The van der Waals surface area contributed by atoms with Crippen molar-refractivity contribution in [2.24, 2.45) is 0 Å². The van der Waals surface area contributed by atoms with Crippen molar-refractivity contribution < 1.29 is 0 Å². The molecular formula is C11H17ClN4. The minimum atomic E-state index is 0.603. The monoisotopic (exact) mass is 240 g/mol. The van der Waals surface area contributed by atoms with E-state index in [2.05, 4.69) is 27.1 Å². The van der Waals surface area contributed by atoms with E-state index in [1.165, 1.54) is 12.8 Å². The number of halogens is 1. The van der Waals surface area contributed by atoms with E-state index in [4.69, 9.17) is 11.6 Å². The lowest BCUT2D eigenvalue weighted by Crippen LogP contribution is -2.21. The van der Waals surface area contributed by atoms with Gasteiger partial charge in [-0.25, -0.2) is 4.98 Å². The zero-order valence-corrected chi connectivity index (χ0v) is 10.5. The highest BCUT2D eigenvalue weighted by atomic mass is 35.5. The molecule has 0 amide bonds. The van der Waals surface area contributed by atoms with E-state index in [9.17, 15) is 0 Å². The first-order chi connectivity index (χ1) is 7.72. The molecule has 16 heavy (non-hydrogen) atoms. The Hall–Kier alpha value is -1.03. The van der Waals surface area contributed by atoms with Crippen molar-refractivity contribution in [2.75, 3.05) is 23.8 Å². The van der Waals surface area contributed by atoms with Gasteiger partial charge in [-0.15, -0.1) is 0 Å². The van der Waals surface area contributed by atoms with Gasteiger partial charge < -0.3 is 10.2 Å². The smallest absolute Gasteiger partial charge is 0.224 e. The SMILES string of the molecule is CCCNc1ncc(Cl)c(N(C)C2CC2)n1. The molecule has 0 bridgehead atoms. The van der Waals surface area contributed by atoms with Crippen LogP contribution in [0.25, 0.3) is 0 Å². The lowest BCUT2D eigenvalue weighted by molar-refractivity contribution is 0.880. The van der Waals surface area contributed by atoms with Crippen LogP contribution in [0.15, 0.2) is 6.20 Å². The van der Waals surface area contributed by atoms with Crippen LogP contribution < -0.4 is 10.2 Å². The number of hydrogen-bond acceptors (Lipinski definition) is 4. The van der Waals surface area contributed by atoms with Crippen molar-refractivity contribution in [1.82, 2.24) is 9.97 Å². The molecule has 5 heteroatoms. The summed E-state index contributed by atoms with van der Waals surface area (Å²) >= 11 is 6.10. The Bertz CT molecular complexity index is 365. The minimum absolute atomic E-state index is 0.603. The molecule has 4 nitrogen and oxygen atoms in total. The number of aromatic nitrogens is 2. The van der Waals surface area contributed by atoms with Crippen LogP contribution in [0.3, 0.4) is 0 Å². The van der Waals surface area contributed by atoms with Crippen molar-refractivity contribution >= 4 is 23.4 Å². The van der Waals surface area contributed by atoms with E-state index >= 15 is 0 Å². The Balaban J connectivity index is 2.14. The summed E-state index contributed by atoms with van der Waals surface area (Å²) in [5, 5.41) is 3.79. The normalized spacial score (nSPS) is 14.9. The van der Waals surface area contributed by atoms with Crippen LogP contribution in [0.2, 0.25) is 5.02 Å². The first kappa shape index (κ1) is 11.5. The van der Waals surface area contributed by atoms with Crippen LogP contribution in [0, 0.1) is 0 Å². The predicted molar refractivity (Wildman–Crippen MR) is 67.2 cm³/mol.